The van der Waals surface area contributed by atoms with E-state index < -0.39 is 10.0 Å². The molecule has 1 saturated carbocycles. The first kappa shape index (κ1) is 18.5. The third-order valence-corrected chi connectivity index (χ3v) is 7.58. The Balaban J connectivity index is 1.53. The minimum atomic E-state index is -3.22. The highest BCUT2D eigenvalue weighted by molar-refractivity contribution is 7.90. The minimum absolute atomic E-state index is 0.0837. The monoisotopic (exact) mass is 386 g/mol. The van der Waals surface area contributed by atoms with Crippen molar-refractivity contribution in [3.05, 3.63) is 65.2 Å². The largest absolute Gasteiger partial charge is 0.492 e. The van der Waals surface area contributed by atoms with E-state index >= 15 is 0 Å². The molecule has 144 valence electrons. The third-order valence-electron chi connectivity index (χ3n) is 5.69. The number of nitrogens with one attached hydrogen (secondary N) is 1. The molecule has 5 nitrogen and oxygen atoms in total. The van der Waals surface area contributed by atoms with Crippen LogP contribution >= 0.6 is 0 Å². The molecule has 2 aliphatic rings. The average molecular weight is 387 g/mol. The summed E-state index contributed by atoms with van der Waals surface area (Å²) >= 11 is 0. The summed E-state index contributed by atoms with van der Waals surface area (Å²) in [6.07, 6.45) is 3.37. The summed E-state index contributed by atoms with van der Waals surface area (Å²) in [6, 6.07) is 16.1. The first-order valence-electron chi connectivity index (χ1n) is 9.56. The number of hydrogen-bond donors (Lipinski definition) is 2. The van der Waals surface area contributed by atoms with E-state index in [9.17, 15) is 8.42 Å². The topological polar surface area (TPSA) is 81.4 Å². The average Bonchev–Trinajstić information content (AvgIpc) is 2.61. The number of ether oxygens (including phenoxy) is 1. The van der Waals surface area contributed by atoms with E-state index in [1.165, 1.54) is 5.56 Å². The number of rotatable bonds is 6. The van der Waals surface area contributed by atoms with Crippen molar-refractivity contribution >= 4 is 10.0 Å². The van der Waals surface area contributed by atoms with Crippen molar-refractivity contribution in [2.45, 2.75) is 49.4 Å². The van der Waals surface area contributed by atoms with Crippen LogP contribution in [0.15, 0.2) is 48.5 Å². The normalized spacial score (nSPS) is 22.6. The highest BCUT2D eigenvalue weighted by Gasteiger charge is 2.31. The lowest BCUT2D eigenvalue weighted by Gasteiger charge is -2.32. The third kappa shape index (κ3) is 4.03. The van der Waals surface area contributed by atoms with E-state index in [1.807, 2.05) is 36.4 Å². The second kappa shape index (κ2) is 7.62. The predicted octanol–water partition coefficient (Wildman–Crippen LogP) is 2.70. The fourth-order valence-electron chi connectivity index (χ4n) is 3.77. The maximum Gasteiger partial charge on any atom is 0.214 e. The van der Waals surface area contributed by atoms with Crippen molar-refractivity contribution in [3.8, 4) is 5.75 Å². The van der Waals surface area contributed by atoms with Crippen LogP contribution in [0.2, 0.25) is 0 Å². The molecule has 1 aliphatic carbocycles. The van der Waals surface area contributed by atoms with Crippen LogP contribution in [0.5, 0.6) is 5.75 Å². The van der Waals surface area contributed by atoms with Gasteiger partial charge in [-0.05, 0) is 42.0 Å². The lowest BCUT2D eigenvalue weighted by Crippen LogP contribution is -2.39. The van der Waals surface area contributed by atoms with Gasteiger partial charge in [0.05, 0.1) is 5.25 Å². The smallest absolute Gasteiger partial charge is 0.214 e. The van der Waals surface area contributed by atoms with E-state index in [4.69, 9.17) is 10.5 Å². The second-order valence-electron chi connectivity index (χ2n) is 7.56. The maximum atomic E-state index is 12.3. The Morgan fingerprint density at radius 3 is 2.56 bits per heavy atom. The summed E-state index contributed by atoms with van der Waals surface area (Å²) in [6.45, 7) is 0.803. The number of fused-ring (bicyclic) bond motifs is 1. The molecule has 0 bridgehead atoms. The summed E-state index contributed by atoms with van der Waals surface area (Å²) in [4.78, 5) is 0. The van der Waals surface area contributed by atoms with Crippen molar-refractivity contribution in [1.82, 2.24) is 4.72 Å². The zero-order valence-electron chi connectivity index (χ0n) is 15.3. The molecule has 3 N–H and O–H groups in total. The van der Waals surface area contributed by atoms with Crippen LogP contribution in [0, 0.1) is 0 Å². The lowest BCUT2D eigenvalue weighted by atomic mass is 9.84. The van der Waals surface area contributed by atoms with Crippen molar-refractivity contribution in [1.29, 1.82) is 0 Å². The van der Waals surface area contributed by atoms with Gasteiger partial charge < -0.3 is 10.5 Å². The molecule has 0 radical (unpaired) electrons. The molecular weight excluding hydrogens is 360 g/mol. The molecule has 0 spiro atoms. The predicted molar refractivity (Wildman–Crippen MR) is 106 cm³/mol. The molecule has 1 fully saturated rings. The molecule has 6 heteroatoms. The zero-order valence-corrected chi connectivity index (χ0v) is 16.1. The van der Waals surface area contributed by atoms with E-state index in [0.717, 1.165) is 42.6 Å². The van der Waals surface area contributed by atoms with Gasteiger partial charge in [0.15, 0.2) is 0 Å². The summed E-state index contributed by atoms with van der Waals surface area (Å²) in [5.74, 6) is 1.00. The van der Waals surface area contributed by atoms with Crippen LogP contribution in [0.4, 0.5) is 0 Å². The first-order chi connectivity index (χ1) is 13.0. The Hall–Kier alpha value is -1.89. The van der Waals surface area contributed by atoms with Crippen LogP contribution < -0.4 is 15.2 Å². The molecule has 2 atom stereocenters. The van der Waals surface area contributed by atoms with Crippen LogP contribution in [0.1, 0.15) is 41.9 Å². The van der Waals surface area contributed by atoms with Gasteiger partial charge in [0.1, 0.15) is 12.4 Å². The maximum absolute atomic E-state index is 12.3. The van der Waals surface area contributed by atoms with Gasteiger partial charge in [0.25, 0.3) is 0 Å². The van der Waals surface area contributed by atoms with Crippen molar-refractivity contribution in [3.63, 3.8) is 0 Å². The van der Waals surface area contributed by atoms with Crippen LogP contribution in [0.3, 0.4) is 0 Å². The molecule has 2 aromatic carbocycles. The van der Waals surface area contributed by atoms with E-state index in [0.29, 0.717) is 13.2 Å². The van der Waals surface area contributed by atoms with Crippen molar-refractivity contribution in [2.75, 3.05) is 6.61 Å². The second-order valence-corrected chi connectivity index (χ2v) is 9.61. The van der Waals surface area contributed by atoms with Gasteiger partial charge in [-0.3, -0.25) is 0 Å². The van der Waals surface area contributed by atoms with Gasteiger partial charge in [-0.25, -0.2) is 13.1 Å². The Kier molecular flexibility index (Phi) is 5.21. The van der Waals surface area contributed by atoms with Crippen LogP contribution in [-0.4, -0.2) is 26.3 Å². The van der Waals surface area contributed by atoms with E-state index in [1.54, 1.807) is 0 Å². The Morgan fingerprint density at radius 2 is 1.85 bits per heavy atom. The zero-order chi connectivity index (χ0) is 18.9. The number of benzene rings is 2. The molecule has 0 amide bonds. The summed E-state index contributed by atoms with van der Waals surface area (Å²) < 4.78 is 33.1. The van der Waals surface area contributed by atoms with Crippen molar-refractivity contribution < 1.29 is 13.2 Å². The number of sulfonamides is 1. The standard InChI is InChI=1S/C21H26N2O3S/c22-20-14-26-21-10-9-16(13-23-27(24,25)17-7-4-8-17)12-19(21)18(20)11-15-5-2-1-3-6-15/h1-3,5-6,9-10,12,17-18,20,23H,4,7-8,11,13-14,22H2/t18-,20-/m1/s1. The molecule has 2 aromatic rings. The van der Waals surface area contributed by atoms with Gasteiger partial charge in [-0.2, -0.15) is 0 Å². The molecular formula is C21H26N2O3S. The van der Waals surface area contributed by atoms with E-state index in [-0.39, 0.29) is 17.2 Å². The van der Waals surface area contributed by atoms with Gasteiger partial charge in [-0.1, -0.05) is 48.9 Å². The number of nitrogens with two attached hydrogens (primary N) is 1. The first-order valence-corrected chi connectivity index (χ1v) is 11.1. The fraction of sp³-hybridized carbons (Fsp3) is 0.429. The Labute approximate surface area is 161 Å². The molecule has 0 unspecified atom stereocenters. The number of hydrogen-bond acceptors (Lipinski definition) is 4. The van der Waals surface area contributed by atoms with Gasteiger partial charge >= 0.3 is 0 Å². The van der Waals surface area contributed by atoms with Gasteiger partial charge in [0.2, 0.25) is 10.0 Å². The van der Waals surface area contributed by atoms with Gasteiger partial charge in [0, 0.05) is 18.5 Å². The van der Waals surface area contributed by atoms with Crippen LogP contribution in [-0.2, 0) is 23.0 Å². The Bertz CT molecular complexity index is 895. The molecule has 0 aromatic heterocycles. The summed E-state index contributed by atoms with van der Waals surface area (Å²) in [5, 5.41) is -0.224. The molecule has 1 aliphatic heterocycles. The molecule has 4 rings (SSSR count). The summed E-state index contributed by atoms with van der Waals surface area (Å²) in [7, 11) is -3.22. The highest BCUT2D eigenvalue weighted by Crippen LogP contribution is 2.36. The van der Waals surface area contributed by atoms with Gasteiger partial charge in [-0.15, -0.1) is 0 Å². The van der Waals surface area contributed by atoms with E-state index in [2.05, 4.69) is 16.9 Å². The molecule has 27 heavy (non-hydrogen) atoms. The molecule has 0 saturated heterocycles. The quantitative estimate of drug-likeness (QED) is 0.800. The summed E-state index contributed by atoms with van der Waals surface area (Å²) in [5.41, 5.74) is 9.61. The lowest BCUT2D eigenvalue weighted by molar-refractivity contribution is 0.238. The van der Waals surface area contributed by atoms with Crippen molar-refractivity contribution in [2.24, 2.45) is 5.73 Å². The minimum Gasteiger partial charge on any atom is -0.492 e. The highest BCUT2D eigenvalue weighted by atomic mass is 32.2. The molecule has 1 heterocycles. The fourth-order valence-corrected chi connectivity index (χ4v) is 5.33. The SMILES string of the molecule is N[C@@H]1COc2ccc(CNS(=O)(=O)C3CCC3)cc2[C@H]1Cc1ccccc1. The Morgan fingerprint density at radius 1 is 1.07 bits per heavy atom. The van der Waals surface area contributed by atoms with Crippen LogP contribution in [0.25, 0.3) is 0 Å².